The van der Waals surface area contributed by atoms with Crippen LogP contribution in [0.25, 0.3) is 0 Å². The van der Waals surface area contributed by atoms with Crippen LogP contribution < -0.4 is 5.32 Å². The lowest BCUT2D eigenvalue weighted by Crippen LogP contribution is -2.17. The highest BCUT2D eigenvalue weighted by Crippen LogP contribution is 1.96. The van der Waals surface area contributed by atoms with Gasteiger partial charge in [-0.15, -0.1) is 0 Å². The third-order valence-corrected chi connectivity index (χ3v) is 2.08. The van der Waals surface area contributed by atoms with Crippen molar-refractivity contribution in [2.24, 2.45) is 0 Å². The van der Waals surface area contributed by atoms with E-state index in [9.17, 15) is 0 Å². The molecule has 1 N–H and O–H groups in total. The van der Waals surface area contributed by atoms with Gasteiger partial charge in [-0.3, -0.25) is 0 Å². The Morgan fingerprint density at radius 2 is 2.08 bits per heavy atom. The zero-order chi connectivity index (χ0) is 9.94. The van der Waals surface area contributed by atoms with Gasteiger partial charge in [-0.2, -0.15) is 0 Å². The number of methoxy groups -OCH3 is 1. The van der Waals surface area contributed by atoms with Crippen molar-refractivity contribution in [2.45, 2.75) is 32.6 Å². The first-order valence-corrected chi connectivity index (χ1v) is 5.17. The summed E-state index contributed by atoms with van der Waals surface area (Å²) in [5.74, 6) is 0. The Hall–Kier alpha value is -0.340. The number of ether oxygens (including phenoxy) is 1. The van der Waals surface area contributed by atoms with E-state index in [4.69, 9.17) is 4.74 Å². The molecule has 0 heterocycles. The molecule has 0 bridgehead atoms. The van der Waals surface area contributed by atoms with Gasteiger partial charge in [-0.05, 0) is 32.2 Å². The molecular weight excluding hydrogens is 162 g/mol. The molecule has 0 spiro atoms. The summed E-state index contributed by atoms with van der Waals surface area (Å²) in [7, 11) is 1.75. The molecule has 0 rings (SSSR count). The molecule has 2 nitrogen and oxygen atoms in total. The number of hydrogen-bond donors (Lipinski definition) is 1. The van der Waals surface area contributed by atoms with E-state index in [1.165, 1.54) is 24.8 Å². The maximum Gasteiger partial charge on any atom is 0.0462 e. The van der Waals surface area contributed by atoms with Gasteiger partial charge in [0.1, 0.15) is 0 Å². The molecule has 0 unspecified atom stereocenters. The lowest BCUT2D eigenvalue weighted by molar-refractivity contribution is 0.192. The standard InChI is InChI=1S/C11H23NO/c1-4-11(2)10-12-8-6-5-7-9-13-3/h12H,2,4-10H2,1,3H3. The Balaban J connectivity index is 2.95. The molecule has 0 aromatic carbocycles. The van der Waals surface area contributed by atoms with Gasteiger partial charge in [0.25, 0.3) is 0 Å². The van der Waals surface area contributed by atoms with E-state index in [-0.39, 0.29) is 0 Å². The molecule has 0 aliphatic heterocycles. The summed E-state index contributed by atoms with van der Waals surface area (Å²) in [5, 5.41) is 3.37. The minimum Gasteiger partial charge on any atom is -0.385 e. The van der Waals surface area contributed by atoms with Crippen molar-refractivity contribution in [2.75, 3.05) is 26.8 Å². The van der Waals surface area contributed by atoms with Gasteiger partial charge in [-0.25, -0.2) is 0 Å². The highest BCUT2D eigenvalue weighted by molar-refractivity contribution is 4.94. The van der Waals surface area contributed by atoms with E-state index >= 15 is 0 Å². The van der Waals surface area contributed by atoms with E-state index in [0.717, 1.165) is 26.1 Å². The molecule has 0 saturated heterocycles. The number of rotatable bonds is 9. The number of hydrogen-bond acceptors (Lipinski definition) is 2. The molecule has 0 fully saturated rings. The van der Waals surface area contributed by atoms with Crippen LogP contribution in [-0.4, -0.2) is 26.8 Å². The Morgan fingerprint density at radius 1 is 1.31 bits per heavy atom. The molecule has 0 amide bonds. The van der Waals surface area contributed by atoms with Crippen LogP contribution in [0.4, 0.5) is 0 Å². The molecule has 0 radical (unpaired) electrons. The summed E-state index contributed by atoms with van der Waals surface area (Å²) in [6.45, 7) is 9.04. The number of nitrogens with one attached hydrogen (secondary N) is 1. The van der Waals surface area contributed by atoms with Gasteiger partial charge >= 0.3 is 0 Å². The monoisotopic (exact) mass is 185 g/mol. The zero-order valence-corrected chi connectivity index (χ0v) is 9.07. The molecule has 2 heteroatoms. The van der Waals surface area contributed by atoms with Crippen LogP contribution in [0.3, 0.4) is 0 Å². The Morgan fingerprint density at radius 3 is 2.69 bits per heavy atom. The fraction of sp³-hybridized carbons (Fsp3) is 0.818. The Kier molecular flexibility index (Phi) is 9.49. The molecular formula is C11H23NO. The summed E-state index contributed by atoms with van der Waals surface area (Å²) in [4.78, 5) is 0. The maximum absolute atomic E-state index is 4.97. The smallest absolute Gasteiger partial charge is 0.0462 e. The zero-order valence-electron chi connectivity index (χ0n) is 9.07. The molecule has 0 saturated carbocycles. The van der Waals surface area contributed by atoms with Crippen molar-refractivity contribution in [1.82, 2.24) is 5.32 Å². The highest BCUT2D eigenvalue weighted by Gasteiger charge is 1.91. The summed E-state index contributed by atoms with van der Waals surface area (Å²) in [6.07, 6.45) is 4.74. The topological polar surface area (TPSA) is 21.3 Å². The average molecular weight is 185 g/mol. The second-order valence-corrected chi connectivity index (χ2v) is 3.33. The molecule has 0 aliphatic carbocycles. The third kappa shape index (κ3) is 9.57. The van der Waals surface area contributed by atoms with Gasteiger partial charge in [0.15, 0.2) is 0 Å². The van der Waals surface area contributed by atoms with Crippen molar-refractivity contribution in [3.63, 3.8) is 0 Å². The second kappa shape index (κ2) is 9.75. The van der Waals surface area contributed by atoms with Crippen LogP contribution in [0, 0.1) is 0 Å². The summed E-state index contributed by atoms with van der Waals surface area (Å²) in [6, 6.07) is 0. The lowest BCUT2D eigenvalue weighted by Gasteiger charge is -2.05. The summed E-state index contributed by atoms with van der Waals surface area (Å²) in [5.41, 5.74) is 1.29. The molecule has 13 heavy (non-hydrogen) atoms. The van der Waals surface area contributed by atoms with Gasteiger partial charge in [0, 0.05) is 20.3 Å². The fourth-order valence-electron chi connectivity index (χ4n) is 1.06. The fourth-order valence-corrected chi connectivity index (χ4v) is 1.06. The van der Waals surface area contributed by atoms with Crippen LogP contribution in [0.2, 0.25) is 0 Å². The maximum atomic E-state index is 4.97. The summed E-state index contributed by atoms with van der Waals surface area (Å²) < 4.78 is 4.97. The van der Waals surface area contributed by atoms with E-state index in [1.807, 2.05) is 0 Å². The lowest BCUT2D eigenvalue weighted by atomic mass is 10.2. The molecule has 0 aromatic heterocycles. The van der Waals surface area contributed by atoms with Gasteiger partial charge in [0.2, 0.25) is 0 Å². The van der Waals surface area contributed by atoms with Crippen LogP contribution in [0.15, 0.2) is 12.2 Å². The molecule has 0 atom stereocenters. The normalized spacial score (nSPS) is 10.3. The van der Waals surface area contributed by atoms with E-state index in [1.54, 1.807) is 7.11 Å². The van der Waals surface area contributed by atoms with Gasteiger partial charge in [0.05, 0.1) is 0 Å². The van der Waals surface area contributed by atoms with Crippen molar-refractivity contribution in [3.8, 4) is 0 Å². The van der Waals surface area contributed by atoms with E-state index in [0.29, 0.717) is 0 Å². The van der Waals surface area contributed by atoms with Crippen molar-refractivity contribution < 1.29 is 4.74 Å². The van der Waals surface area contributed by atoms with Crippen LogP contribution >= 0.6 is 0 Å². The quantitative estimate of drug-likeness (QED) is 0.440. The Bertz CT molecular complexity index is 123. The van der Waals surface area contributed by atoms with Crippen molar-refractivity contribution in [3.05, 3.63) is 12.2 Å². The van der Waals surface area contributed by atoms with E-state index < -0.39 is 0 Å². The number of unbranched alkanes of at least 4 members (excludes halogenated alkanes) is 2. The van der Waals surface area contributed by atoms with Gasteiger partial charge < -0.3 is 10.1 Å². The highest BCUT2D eigenvalue weighted by atomic mass is 16.5. The van der Waals surface area contributed by atoms with Gasteiger partial charge in [-0.1, -0.05) is 19.1 Å². The largest absolute Gasteiger partial charge is 0.385 e. The molecule has 78 valence electrons. The molecule has 0 aromatic rings. The first-order valence-electron chi connectivity index (χ1n) is 5.17. The summed E-state index contributed by atoms with van der Waals surface area (Å²) >= 11 is 0. The van der Waals surface area contributed by atoms with Crippen molar-refractivity contribution >= 4 is 0 Å². The SMILES string of the molecule is C=C(CC)CNCCCCCOC. The third-order valence-electron chi connectivity index (χ3n) is 2.08. The predicted molar refractivity (Wildman–Crippen MR) is 58.0 cm³/mol. The minimum absolute atomic E-state index is 0.891. The predicted octanol–water partition coefficient (Wildman–Crippen LogP) is 2.36. The van der Waals surface area contributed by atoms with Crippen molar-refractivity contribution in [1.29, 1.82) is 0 Å². The molecule has 0 aliphatic rings. The van der Waals surface area contributed by atoms with Crippen LogP contribution in [-0.2, 0) is 4.74 Å². The Labute approximate surface area is 82.4 Å². The first kappa shape index (κ1) is 12.7. The first-order chi connectivity index (χ1) is 6.31. The van der Waals surface area contributed by atoms with E-state index in [2.05, 4.69) is 18.8 Å². The van der Waals surface area contributed by atoms with Crippen LogP contribution in [0.5, 0.6) is 0 Å². The van der Waals surface area contributed by atoms with Crippen LogP contribution in [0.1, 0.15) is 32.6 Å². The second-order valence-electron chi connectivity index (χ2n) is 3.33. The minimum atomic E-state index is 0.891. The average Bonchev–Trinajstić information content (AvgIpc) is 2.16.